The number of nitrogens with one attached hydrogen (secondary N) is 1. The van der Waals surface area contributed by atoms with Gasteiger partial charge in [0.15, 0.2) is 0 Å². The molecule has 140 valence electrons. The number of anilines is 1. The molecule has 26 heavy (non-hydrogen) atoms. The summed E-state index contributed by atoms with van der Waals surface area (Å²) in [7, 11) is 0. The molecular weight excluding hydrogens is 330 g/mol. The van der Waals surface area contributed by atoms with E-state index in [0.29, 0.717) is 26.2 Å². The molecule has 3 rings (SSSR count). The maximum Gasteiger partial charge on any atom is 0.321 e. The fourth-order valence-electron chi connectivity index (χ4n) is 3.61. The second-order valence-electron chi connectivity index (χ2n) is 6.84. The molecule has 1 fully saturated rings. The number of aryl methyl sites for hydroxylation is 1. The van der Waals surface area contributed by atoms with Gasteiger partial charge in [0, 0.05) is 37.3 Å². The average molecular weight is 357 g/mol. The van der Waals surface area contributed by atoms with E-state index in [9.17, 15) is 9.59 Å². The minimum Gasteiger partial charge on any atom is -0.461 e. The molecule has 2 aromatic rings. The Bertz CT molecular complexity index is 795. The van der Waals surface area contributed by atoms with Crippen LogP contribution in [0.3, 0.4) is 0 Å². The maximum absolute atomic E-state index is 12.7. The number of carbonyl (C=O) groups excluding carboxylic acids is 2. The van der Waals surface area contributed by atoms with Gasteiger partial charge in [-0.2, -0.15) is 0 Å². The number of hydrogen-bond acceptors (Lipinski definition) is 3. The van der Waals surface area contributed by atoms with E-state index in [2.05, 4.69) is 5.32 Å². The number of furan rings is 1. The van der Waals surface area contributed by atoms with E-state index in [1.54, 1.807) is 4.90 Å². The normalized spacial score (nSPS) is 17.3. The second kappa shape index (κ2) is 7.81. The molecule has 1 aromatic heterocycles. The van der Waals surface area contributed by atoms with Crippen molar-refractivity contribution < 1.29 is 14.0 Å². The summed E-state index contributed by atoms with van der Waals surface area (Å²) >= 11 is 0. The van der Waals surface area contributed by atoms with Gasteiger partial charge in [-0.05, 0) is 57.9 Å². The van der Waals surface area contributed by atoms with Gasteiger partial charge in [0.25, 0.3) is 0 Å². The fourth-order valence-corrected chi connectivity index (χ4v) is 3.61. The highest BCUT2D eigenvalue weighted by atomic mass is 16.3. The molecule has 6 nitrogen and oxygen atoms in total. The smallest absolute Gasteiger partial charge is 0.321 e. The summed E-state index contributed by atoms with van der Waals surface area (Å²) in [6.45, 7) is 8.46. The van der Waals surface area contributed by atoms with Gasteiger partial charge in [0.1, 0.15) is 11.3 Å². The minimum atomic E-state index is -0.151. The SMILES string of the molecule is CCN(CC)C(=O)C1CCCN(C(=O)Nc2ccc3oc(C)cc3c2)C1. The Morgan fingerprint density at radius 3 is 2.77 bits per heavy atom. The third-order valence-electron chi connectivity index (χ3n) is 5.02. The summed E-state index contributed by atoms with van der Waals surface area (Å²) in [5, 5.41) is 3.92. The van der Waals surface area contributed by atoms with Crippen molar-refractivity contribution in [3.63, 3.8) is 0 Å². The summed E-state index contributed by atoms with van der Waals surface area (Å²) in [5.74, 6) is 0.897. The van der Waals surface area contributed by atoms with E-state index in [4.69, 9.17) is 4.42 Å². The summed E-state index contributed by atoms with van der Waals surface area (Å²) < 4.78 is 5.56. The monoisotopic (exact) mass is 357 g/mol. The molecular formula is C20H27N3O3. The van der Waals surface area contributed by atoms with Gasteiger partial charge in [-0.3, -0.25) is 4.79 Å². The van der Waals surface area contributed by atoms with Crippen LogP contribution in [0.5, 0.6) is 0 Å². The number of rotatable bonds is 4. The summed E-state index contributed by atoms with van der Waals surface area (Å²) in [6, 6.07) is 7.41. The summed E-state index contributed by atoms with van der Waals surface area (Å²) in [5.41, 5.74) is 1.55. The van der Waals surface area contributed by atoms with Crippen molar-refractivity contribution in [2.24, 2.45) is 5.92 Å². The third-order valence-corrected chi connectivity index (χ3v) is 5.02. The lowest BCUT2D eigenvalue weighted by Crippen LogP contribution is -2.47. The van der Waals surface area contributed by atoms with Gasteiger partial charge < -0.3 is 19.5 Å². The van der Waals surface area contributed by atoms with E-state index < -0.39 is 0 Å². The van der Waals surface area contributed by atoms with Gasteiger partial charge in [0.05, 0.1) is 5.92 Å². The van der Waals surface area contributed by atoms with Crippen LogP contribution in [0.25, 0.3) is 11.0 Å². The molecule has 0 radical (unpaired) electrons. The predicted octanol–water partition coefficient (Wildman–Crippen LogP) is 3.85. The first kappa shape index (κ1) is 18.3. The Morgan fingerprint density at radius 2 is 2.04 bits per heavy atom. The van der Waals surface area contributed by atoms with Crippen molar-refractivity contribution in [1.82, 2.24) is 9.80 Å². The fraction of sp³-hybridized carbons (Fsp3) is 0.500. The van der Waals surface area contributed by atoms with Crippen molar-refractivity contribution in [2.75, 3.05) is 31.5 Å². The number of hydrogen-bond donors (Lipinski definition) is 1. The lowest BCUT2D eigenvalue weighted by Gasteiger charge is -2.34. The lowest BCUT2D eigenvalue weighted by molar-refractivity contribution is -0.136. The quantitative estimate of drug-likeness (QED) is 0.904. The topological polar surface area (TPSA) is 65.8 Å². The van der Waals surface area contributed by atoms with E-state index in [0.717, 1.165) is 35.3 Å². The third kappa shape index (κ3) is 3.84. The van der Waals surface area contributed by atoms with Crippen LogP contribution in [0.1, 0.15) is 32.4 Å². The standard InChI is InChI=1S/C20H27N3O3/c1-4-22(5-2)19(24)15-7-6-10-23(13-15)20(25)21-17-8-9-18-16(12-17)11-14(3)26-18/h8-9,11-12,15H,4-7,10,13H2,1-3H3,(H,21,25). The first-order chi connectivity index (χ1) is 12.5. The van der Waals surface area contributed by atoms with Crippen LogP contribution in [-0.2, 0) is 4.79 Å². The number of amides is 3. The molecule has 1 aromatic carbocycles. The van der Waals surface area contributed by atoms with E-state index in [1.807, 2.05) is 49.9 Å². The Hall–Kier alpha value is -2.50. The Morgan fingerprint density at radius 1 is 1.27 bits per heavy atom. The molecule has 1 aliphatic rings. The molecule has 0 bridgehead atoms. The predicted molar refractivity (Wildman–Crippen MR) is 102 cm³/mol. The van der Waals surface area contributed by atoms with Crippen LogP contribution in [-0.4, -0.2) is 47.9 Å². The molecule has 0 spiro atoms. The molecule has 1 atom stereocenters. The van der Waals surface area contributed by atoms with Gasteiger partial charge in [0.2, 0.25) is 5.91 Å². The second-order valence-corrected chi connectivity index (χ2v) is 6.84. The zero-order valence-corrected chi connectivity index (χ0v) is 15.7. The van der Waals surface area contributed by atoms with Gasteiger partial charge >= 0.3 is 6.03 Å². The van der Waals surface area contributed by atoms with E-state index in [-0.39, 0.29) is 17.9 Å². The number of piperidine rings is 1. The highest BCUT2D eigenvalue weighted by Crippen LogP contribution is 2.24. The average Bonchev–Trinajstić information content (AvgIpc) is 3.02. The van der Waals surface area contributed by atoms with Crippen molar-refractivity contribution in [1.29, 1.82) is 0 Å². The number of benzene rings is 1. The van der Waals surface area contributed by atoms with E-state index in [1.165, 1.54) is 0 Å². The highest BCUT2D eigenvalue weighted by Gasteiger charge is 2.30. The molecule has 1 N–H and O–H groups in total. The molecule has 0 saturated carbocycles. The number of fused-ring (bicyclic) bond motifs is 1. The van der Waals surface area contributed by atoms with Crippen LogP contribution < -0.4 is 5.32 Å². The van der Waals surface area contributed by atoms with Crippen molar-refractivity contribution in [3.8, 4) is 0 Å². The van der Waals surface area contributed by atoms with Crippen molar-refractivity contribution in [3.05, 3.63) is 30.0 Å². The zero-order chi connectivity index (χ0) is 18.7. The van der Waals surface area contributed by atoms with Crippen LogP contribution >= 0.6 is 0 Å². The van der Waals surface area contributed by atoms with Crippen molar-refractivity contribution >= 4 is 28.6 Å². The highest BCUT2D eigenvalue weighted by molar-refractivity contribution is 5.93. The molecule has 6 heteroatoms. The number of carbonyl (C=O) groups is 2. The zero-order valence-electron chi connectivity index (χ0n) is 15.7. The number of nitrogens with zero attached hydrogens (tertiary/aromatic N) is 2. The number of likely N-dealkylation sites (tertiary alicyclic amines) is 1. The van der Waals surface area contributed by atoms with Gasteiger partial charge in [-0.1, -0.05) is 0 Å². The van der Waals surface area contributed by atoms with Gasteiger partial charge in [-0.25, -0.2) is 4.79 Å². The Kier molecular flexibility index (Phi) is 5.49. The summed E-state index contributed by atoms with van der Waals surface area (Å²) in [6.07, 6.45) is 1.70. The lowest BCUT2D eigenvalue weighted by atomic mass is 9.96. The van der Waals surface area contributed by atoms with Crippen LogP contribution in [0.15, 0.2) is 28.7 Å². The molecule has 2 heterocycles. The first-order valence-electron chi connectivity index (χ1n) is 9.36. The molecule has 1 unspecified atom stereocenters. The Labute approximate surface area is 154 Å². The minimum absolute atomic E-state index is 0.103. The molecule has 1 aliphatic heterocycles. The maximum atomic E-state index is 12.7. The van der Waals surface area contributed by atoms with Crippen LogP contribution in [0.2, 0.25) is 0 Å². The number of urea groups is 1. The van der Waals surface area contributed by atoms with E-state index >= 15 is 0 Å². The molecule has 0 aliphatic carbocycles. The summed E-state index contributed by atoms with van der Waals surface area (Å²) in [4.78, 5) is 28.8. The largest absolute Gasteiger partial charge is 0.461 e. The Balaban J connectivity index is 1.65. The van der Waals surface area contributed by atoms with Crippen LogP contribution in [0.4, 0.5) is 10.5 Å². The van der Waals surface area contributed by atoms with Crippen molar-refractivity contribution in [2.45, 2.75) is 33.6 Å². The molecule has 3 amide bonds. The van der Waals surface area contributed by atoms with Gasteiger partial charge in [-0.15, -0.1) is 0 Å². The van der Waals surface area contributed by atoms with Crippen LogP contribution in [0, 0.1) is 12.8 Å². The molecule has 1 saturated heterocycles. The first-order valence-corrected chi connectivity index (χ1v) is 9.36.